The van der Waals surface area contributed by atoms with Crippen LogP contribution in [0.5, 0.6) is 0 Å². The Morgan fingerprint density at radius 3 is 2.48 bits per heavy atom. The summed E-state index contributed by atoms with van der Waals surface area (Å²) in [5.41, 5.74) is 1.30. The maximum absolute atomic E-state index is 11.4. The first-order valence-electron chi connectivity index (χ1n) is 8.96. The average Bonchev–Trinajstić information content (AvgIpc) is 3.05. The van der Waals surface area contributed by atoms with Crippen molar-refractivity contribution in [1.29, 1.82) is 0 Å². The van der Waals surface area contributed by atoms with Crippen LogP contribution in [0.2, 0.25) is 0 Å². The summed E-state index contributed by atoms with van der Waals surface area (Å²) in [6, 6.07) is 2.89. The van der Waals surface area contributed by atoms with Crippen LogP contribution < -0.4 is 0 Å². The van der Waals surface area contributed by atoms with E-state index in [4.69, 9.17) is 0 Å². The molecule has 1 aromatic heterocycles. The number of fused-ring (bicyclic) bond motifs is 3. The van der Waals surface area contributed by atoms with Gasteiger partial charge in [0.1, 0.15) is 0 Å². The van der Waals surface area contributed by atoms with Crippen LogP contribution in [0, 0.1) is 5.92 Å². The summed E-state index contributed by atoms with van der Waals surface area (Å²) < 4.78 is 0. The highest BCUT2D eigenvalue weighted by Gasteiger charge is 2.38. The Morgan fingerprint density at radius 1 is 1.17 bits per heavy atom. The van der Waals surface area contributed by atoms with E-state index in [-0.39, 0.29) is 5.78 Å². The molecule has 0 amide bonds. The number of Topliss-reactive ketones (excluding diaryl/α,β-unsaturated/α-hetero) is 1. The summed E-state index contributed by atoms with van der Waals surface area (Å²) in [5, 5.41) is 2.15. The first kappa shape index (κ1) is 15.8. The second-order valence-electron chi connectivity index (χ2n) is 7.39. The number of piperazine rings is 1. The number of thiophene rings is 1. The number of hydrogen-bond acceptors (Lipinski definition) is 5. The number of piperidine rings is 3. The van der Waals surface area contributed by atoms with E-state index in [1.54, 1.807) is 18.3 Å². The topological polar surface area (TPSA) is 26.8 Å². The molecule has 0 N–H and O–H groups in total. The molecule has 4 saturated heterocycles. The Morgan fingerprint density at radius 2 is 1.91 bits per heavy atom. The van der Waals surface area contributed by atoms with Gasteiger partial charge in [-0.15, -0.1) is 11.3 Å². The zero-order chi connectivity index (χ0) is 15.8. The summed E-state index contributed by atoms with van der Waals surface area (Å²) in [6.45, 7) is 11.4. The number of carbonyl (C=O) groups excluding carboxylic acids is 1. The van der Waals surface area contributed by atoms with Crippen LogP contribution in [0.15, 0.2) is 11.4 Å². The summed E-state index contributed by atoms with van der Waals surface area (Å²) in [4.78, 5) is 20.3. The molecule has 4 nitrogen and oxygen atoms in total. The molecule has 5 rings (SSSR count). The Kier molecular flexibility index (Phi) is 4.54. The van der Waals surface area contributed by atoms with Crippen molar-refractivity contribution in [2.75, 3.05) is 45.8 Å². The van der Waals surface area contributed by atoms with Crippen molar-refractivity contribution < 1.29 is 4.79 Å². The van der Waals surface area contributed by atoms with Crippen LogP contribution in [0.3, 0.4) is 0 Å². The van der Waals surface area contributed by atoms with E-state index in [0.29, 0.717) is 0 Å². The van der Waals surface area contributed by atoms with Gasteiger partial charge in [0.2, 0.25) is 0 Å². The van der Waals surface area contributed by atoms with Crippen molar-refractivity contribution >= 4 is 17.1 Å². The minimum atomic E-state index is 0.188. The Balaban J connectivity index is 1.29. The molecule has 2 bridgehead atoms. The van der Waals surface area contributed by atoms with Crippen LogP contribution in [-0.2, 0) is 6.54 Å². The van der Waals surface area contributed by atoms with E-state index < -0.39 is 0 Å². The van der Waals surface area contributed by atoms with Crippen molar-refractivity contribution in [3.05, 3.63) is 21.9 Å². The molecule has 0 saturated carbocycles. The number of carbonyl (C=O) groups is 1. The Labute approximate surface area is 143 Å². The molecule has 0 unspecified atom stereocenters. The summed E-state index contributed by atoms with van der Waals surface area (Å²) in [6.07, 6.45) is 2.82. The molecule has 4 aliphatic heterocycles. The molecule has 1 aromatic rings. The third-order valence-corrected chi connectivity index (χ3v) is 6.98. The fourth-order valence-corrected chi connectivity index (χ4v) is 5.31. The predicted octanol–water partition coefficient (Wildman–Crippen LogP) is 2.16. The quantitative estimate of drug-likeness (QED) is 0.789. The second kappa shape index (κ2) is 6.63. The molecule has 1 atom stereocenters. The molecule has 0 aliphatic carbocycles. The first-order valence-corrected chi connectivity index (χ1v) is 9.84. The van der Waals surface area contributed by atoms with E-state index in [1.165, 1.54) is 51.1 Å². The lowest BCUT2D eigenvalue weighted by Crippen LogP contribution is -2.60. The van der Waals surface area contributed by atoms with Gasteiger partial charge in [0.05, 0.1) is 4.88 Å². The van der Waals surface area contributed by atoms with E-state index in [9.17, 15) is 4.79 Å². The highest BCUT2D eigenvalue weighted by molar-refractivity contribution is 7.12. The van der Waals surface area contributed by atoms with Gasteiger partial charge in [-0.05, 0) is 55.8 Å². The minimum absolute atomic E-state index is 0.188. The lowest BCUT2D eigenvalue weighted by Gasteiger charge is -2.51. The van der Waals surface area contributed by atoms with Gasteiger partial charge in [-0.2, -0.15) is 0 Å². The monoisotopic (exact) mass is 333 g/mol. The van der Waals surface area contributed by atoms with E-state index in [1.807, 2.05) is 0 Å². The molecule has 0 aromatic carbocycles. The number of rotatable bonds is 4. The van der Waals surface area contributed by atoms with Gasteiger partial charge in [0.25, 0.3) is 0 Å². The van der Waals surface area contributed by atoms with Crippen molar-refractivity contribution in [2.24, 2.45) is 5.92 Å². The molecule has 126 valence electrons. The van der Waals surface area contributed by atoms with Gasteiger partial charge in [-0.1, -0.05) is 0 Å². The normalized spacial score (nSPS) is 32.3. The lowest BCUT2D eigenvalue weighted by molar-refractivity contribution is -0.0162. The second-order valence-corrected chi connectivity index (χ2v) is 8.30. The van der Waals surface area contributed by atoms with E-state index in [2.05, 4.69) is 26.1 Å². The number of nitrogens with zero attached hydrogens (tertiary/aromatic N) is 3. The highest BCUT2D eigenvalue weighted by Crippen LogP contribution is 2.31. The standard InChI is InChI=1S/C18H27N3OS/c1-14(22)18-10-15(13-23-18)11-20-6-8-21(9-7-20)17-12-19-4-2-16(17)3-5-19/h10,13,16-17H,2-9,11-12H2,1H3/t17-/m1/s1. The molecule has 23 heavy (non-hydrogen) atoms. The smallest absolute Gasteiger partial charge is 0.169 e. The summed E-state index contributed by atoms with van der Waals surface area (Å²) >= 11 is 1.59. The zero-order valence-electron chi connectivity index (χ0n) is 14.0. The van der Waals surface area contributed by atoms with Crippen molar-refractivity contribution in [2.45, 2.75) is 32.4 Å². The summed E-state index contributed by atoms with van der Waals surface area (Å²) in [5.74, 6) is 1.13. The fourth-order valence-electron chi connectivity index (χ4n) is 4.50. The van der Waals surface area contributed by atoms with E-state index >= 15 is 0 Å². The van der Waals surface area contributed by atoms with Crippen LogP contribution >= 0.6 is 11.3 Å². The van der Waals surface area contributed by atoms with Crippen molar-refractivity contribution in [3.63, 3.8) is 0 Å². The SMILES string of the molecule is CC(=O)c1cc(CN2CCN([C@@H]3CN4CCC3CC4)CC2)cs1. The van der Waals surface area contributed by atoms with Gasteiger partial charge < -0.3 is 4.90 Å². The van der Waals surface area contributed by atoms with Crippen LogP contribution in [0.25, 0.3) is 0 Å². The molecule has 5 heteroatoms. The minimum Gasteiger partial charge on any atom is -0.302 e. The van der Waals surface area contributed by atoms with Crippen molar-refractivity contribution in [3.8, 4) is 0 Å². The van der Waals surface area contributed by atoms with Crippen LogP contribution in [0.4, 0.5) is 0 Å². The van der Waals surface area contributed by atoms with Crippen molar-refractivity contribution in [1.82, 2.24) is 14.7 Å². The molecular formula is C18H27N3OS. The van der Waals surface area contributed by atoms with Gasteiger partial charge in [-0.3, -0.25) is 14.6 Å². The molecular weight excluding hydrogens is 306 g/mol. The van der Waals surface area contributed by atoms with Crippen LogP contribution in [-0.4, -0.2) is 72.3 Å². The maximum atomic E-state index is 11.4. The zero-order valence-corrected chi connectivity index (χ0v) is 14.9. The molecule has 5 heterocycles. The fraction of sp³-hybridized carbons (Fsp3) is 0.722. The molecule has 4 aliphatic rings. The predicted molar refractivity (Wildman–Crippen MR) is 94.1 cm³/mol. The van der Waals surface area contributed by atoms with Crippen LogP contribution in [0.1, 0.15) is 35.0 Å². The maximum Gasteiger partial charge on any atom is 0.169 e. The third kappa shape index (κ3) is 3.38. The molecule has 0 spiro atoms. The van der Waals surface area contributed by atoms with Gasteiger partial charge in [-0.25, -0.2) is 0 Å². The Bertz CT molecular complexity index is 556. The van der Waals surface area contributed by atoms with Gasteiger partial charge in [0.15, 0.2) is 5.78 Å². The third-order valence-electron chi connectivity index (χ3n) is 5.90. The Hall–Kier alpha value is -0.750. The number of hydrogen-bond donors (Lipinski definition) is 0. The lowest BCUT2D eigenvalue weighted by atomic mass is 9.83. The van der Waals surface area contributed by atoms with E-state index in [0.717, 1.165) is 36.5 Å². The number of ketones is 1. The largest absolute Gasteiger partial charge is 0.302 e. The van der Waals surface area contributed by atoms with Gasteiger partial charge in [0, 0.05) is 45.3 Å². The molecule has 0 radical (unpaired) electrons. The first-order chi connectivity index (χ1) is 11.2. The summed E-state index contributed by atoms with van der Waals surface area (Å²) in [7, 11) is 0. The molecule has 4 fully saturated rings. The highest BCUT2D eigenvalue weighted by atomic mass is 32.1. The van der Waals surface area contributed by atoms with Gasteiger partial charge >= 0.3 is 0 Å². The average molecular weight is 334 g/mol.